The second kappa shape index (κ2) is 5.68. The number of nitrogens with one attached hydrogen (secondary N) is 1. The molecule has 0 radical (unpaired) electrons. The molecule has 0 spiro atoms. The Bertz CT molecular complexity index is 519. The molecule has 18 heavy (non-hydrogen) atoms. The summed E-state index contributed by atoms with van der Waals surface area (Å²) in [6.07, 6.45) is 1.62. The molecule has 0 fully saturated rings. The van der Waals surface area contributed by atoms with E-state index in [4.69, 9.17) is 9.15 Å². The molecule has 0 aromatic carbocycles. The zero-order valence-corrected chi connectivity index (χ0v) is 11.0. The summed E-state index contributed by atoms with van der Waals surface area (Å²) in [7, 11) is 0. The number of hydrogen-bond donors (Lipinski definition) is 1. The first-order chi connectivity index (χ1) is 8.70. The summed E-state index contributed by atoms with van der Waals surface area (Å²) in [5.74, 6) is 0.499. The summed E-state index contributed by atoms with van der Waals surface area (Å²) in [5.41, 5.74) is 0.681. The summed E-state index contributed by atoms with van der Waals surface area (Å²) in [5, 5.41) is 3.80. The van der Waals surface area contributed by atoms with Crippen LogP contribution in [-0.2, 0) is 11.3 Å². The lowest BCUT2D eigenvalue weighted by Crippen LogP contribution is -2.03. The highest BCUT2D eigenvalue weighted by molar-refractivity contribution is 7.17. The van der Waals surface area contributed by atoms with E-state index in [1.165, 1.54) is 11.3 Å². The van der Waals surface area contributed by atoms with E-state index in [1.54, 1.807) is 20.1 Å². The van der Waals surface area contributed by atoms with E-state index in [1.807, 2.05) is 12.1 Å². The number of rotatable bonds is 5. The number of anilines is 1. The van der Waals surface area contributed by atoms with Gasteiger partial charge in [0.15, 0.2) is 5.13 Å². The fraction of sp³-hybridized carbons (Fsp3) is 0.333. The van der Waals surface area contributed by atoms with E-state index in [0.717, 1.165) is 5.76 Å². The number of esters is 1. The quantitative estimate of drug-likeness (QED) is 0.843. The number of hydrogen-bond acceptors (Lipinski definition) is 6. The molecule has 0 aliphatic carbocycles. The molecule has 2 rings (SSSR count). The molecule has 96 valence electrons. The van der Waals surface area contributed by atoms with Crippen LogP contribution in [0.4, 0.5) is 5.13 Å². The normalized spacial score (nSPS) is 10.3. The Morgan fingerprint density at radius 1 is 1.61 bits per heavy atom. The second-order valence-corrected chi connectivity index (χ2v) is 4.59. The van der Waals surface area contributed by atoms with Gasteiger partial charge in [0.25, 0.3) is 0 Å². The van der Waals surface area contributed by atoms with Crippen molar-refractivity contribution in [2.75, 3.05) is 11.9 Å². The third-order valence-electron chi connectivity index (χ3n) is 2.25. The molecule has 0 unspecified atom stereocenters. The number of aromatic nitrogens is 1. The van der Waals surface area contributed by atoms with E-state index < -0.39 is 0 Å². The average Bonchev–Trinajstić information content (AvgIpc) is 2.96. The first kappa shape index (κ1) is 12.6. The van der Waals surface area contributed by atoms with E-state index in [9.17, 15) is 4.79 Å². The zero-order valence-electron chi connectivity index (χ0n) is 10.2. The second-order valence-electron chi connectivity index (χ2n) is 3.59. The fourth-order valence-electron chi connectivity index (χ4n) is 1.43. The van der Waals surface area contributed by atoms with E-state index in [-0.39, 0.29) is 5.97 Å². The smallest absolute Gasteiger partial charge is 0.350 e. The highest BCUT2D eigenvalue weighted by Crippen LogP contribution is 2.23. The summed E-state index contributed by atoms with van der Waals surface area (Å²) < 4.78 is 10.2. The van der Waals surface area contributed by atoms with Crippen molar-refractivity contribution in [2.45, 2.75) is 20.4 Å². The van der Waals surface area contributed by atoms with E-state index >= 15 is 0 Å². The fourth-order valence-corrected chi connectivity index (χ4v) is 2.29. The molecule has 5 nitrogen and oxygen atoms in total. The molecule has 2 heterocycles. The van der Waals surface area contributed by atoms with Gasteiger partial charge in [0.05, 0.1) is 25.1 Å². The minimum atomic E-state index is -0.321. The van der Waals surface area contributed by atoms with Crippen molar-refractivity contribution in [3.63, 3.8) is 0 Å². The topological polar surface area (TPSA) is 64.4 Å². The van der Waals surface area contributed by atoms with Gasteiger partial charge in [0.1, 0.15) is 10.6 Å². The highest BCUT2D eigenvalue weighted by atomic mass is 32.1. The van der Waals surface area contributed by atoms with Gasteiger partial charge in [0, 0.05) is 0 Å². The molecule has 0 aliphatic rings. The maximum absolute atomic E-state index is 11.6. The SMILES string of the molecule is CCOC(=O)c1sc(NCc2ccco2)nc1C. The Morgan fingerprint density at radius 2 is 2.44 bits per heavy atom. The molecule has 0 saturated carbocycles. The Kier molecular flexibility index (Phi) is 3.99. The van der Waals surface area contributed by atoms with Gasteiger partial charge in [-0.3, -0.25) is 0 Å². The Morgan fingerprint density at radius 3 is 3.11 bits per heavy atom. The van der Waals surface area contributed by atoms with Crippen molar-refractivity contribution in [3.8, 4) is 0 Å². The van der Waals surface area contributed by atoms with Crippen LogP contribution in [0.3, 0.4) is 0 Å². The van der Waals surface area contributed by atoms with Gasteiger partial charge >= 0.3 is 5.97 Å². The Hall–Kier alpha value is -1.82. The molecule has 0 aliphatic heterocycles. The van der Waals surface area contributed by atoms with Crippen molar-refractivity contribution in [3.05, 3.63) is 34.7 Å². The predicted octanol–water partition coefficient (Wildman–Crippen LogP) is 2.83. The molecule has 2 aromatic heterocycles. The standard InChI is InChI=1S/C12H14N2O3S/c1-3-16-11(15)10-8(2)14-12(18-10)13-7-9-5-4-6-17-9/h4-6H,3,7H2,1-2H3,(H,13,14). The van der Waals surface area contributed by atoms with Crippen molar-refractivity contribution < 1.29 is 13.9 Å². The Balaban J connectivity index is 2.02. The van der Waals surface area contributed by atoms with Crippen LogP contribution >= 0.6 is 11.3 Å². The zero-order chi connectivity index (χ0) is 13.0. The lowest BCUT2D eigenvalue weighted by Gasteiger charge is -1.98. The van der Waals surface area contributed by atoms with E-state index in [2.05, 4.69) is 10.3 Å². The number of thiazole rings is 1. The van der Waals surface area contributed by atoms with Crippen LogP contribution in [0, 0.1) is 6.92 Å². The molecule has 2 aromatic rings. The minimum Gasteiger partial charge on any atom is -0.467 e. The van der Waals surface area contributed by atoms with Crippen LogP contribution in [0.5, 0.6) is 0 Å². The average molecular weight is 266 g/mol. The minimum absolute atomic E-state index is 0.321. The maximum Gasteiger partial charge on any atom is 0.350 e. The van der Waals surface area contributed by atoms with Crippen LogP contribution in [-0.4, -0.2) is 17.6 Å². The highest BCUT2D eigenvalue weighted by Gasteiger charge is 2.16. The molecule has 0 amide bonds. The van der Waals surface area contributed by atoms with Gasteiger partial charge in [-0.05, 0) is 26.0 Å². The third-order valence-corrected chi connectivity index (χ3v) is 3.35. The van der Waals surface area contributed by atoms with Gasteiger partial charge in [-0.25, -0.2) is 9.78 Å². The molecular weight excluding hydrogens is 252 g/mol. The first-order valence-electron chi connectivity index (χ1n) is 5.61. The molecule has 0 atom stereocenters. The van der Waals surface area contributed by atoms with Gasteiger partial charge < -0.3 is 14.5 Å². The molecular formula is C12H14N2O3S. The van der Waals surface area contributed by atoms with Crippen LogP contribution in [0.2, 0.25) is 0 Å². The van der Waals surface area contributed by atoms with Gasteiger partial charge in [0.2, 0.25) is 0 Å². The summed E-state index contributed by atoms with van der Waals surface area (Å²) >= 11 is 1.29. The number of ether oxygens (including phenoxy) is 1. The molecule has 0 bridgehead atoms. The summed E-state index contributed by atoms with van der Waals surface area (Å²) in [6.45, 7) is 4.48. The number of carbonyl (C=O) groups excluding carboxylic acids is 1. The van der Waals surface area contributed by atoms with Gasteiger partial charge in [-0.1, -0.05) is 11.3 Å². The monoisotopic (exact) mass is 266 g/mol. The van der Waals surface area contributed by atoms with Crippen molar-refractivity contribution in [2.24, 2.45) is 0 Å². The number of carbonyl (C=O) groups is 1. The number of furan rings is 1. The largest absolute Gasteiger partial charge is 0.467 e. The predicted molar refractivity (Wildman–Crippen MR) is 68.8 cm³/mol. The number of aryl methyl sites for hydroxylation is 1. The summed E-state index contributed by atoms with van der Waals surface area (Å²) in [6, 6.07) is 3.70. The van der Waals surface area contributed by atoms with Gasteiger partial charge in [-0.15, -0.1) is 0 Å². The third kappa shape index (κ3) is 2.89. The van der Waals surface area contributed by atoms with Crippen molar-refractivity contribution in [1.29, 1.82) is 0 Å². The van der Waals surface area contributed by atoms with Crippen LogP contribution in [0.1, 0.15) is 28.0 Å². The van der Waals surface area contributed by atoms with Crippen molar-refractivity contribution >= 4 is 22.4 Å². The van der Waals surface area contributed by atoms with Crippen molar-refractivity contribution in [1.82, 2.24) is 4.98 Å². The molecule has 6 heteroatoms. The van der Waals surface area contributed by atoms with Crippen LogP contribution in [0.25, 0.3) is 0 Å². The summed E-state index contributed by atoms with van der Waals surface area (Å²) in [4.78, 5) is 16.4. The maximum atomic E-state index is 11.6. The molecule has 1 N–H and O–H groups in total. The van der Waals surface area contributed by atoms with Gasteiger partial charge in [-0.2, -0.15) is 0 Å². The van der Waals surface area contributed by atoms with E-state index in [0.29, 0.717) is 28.9 Å². The van der Waals surface area contributed by atoms with Crippen LogP contribution < -0.4 is 5.32 Å². The molecule has 0 saturated heterocycles. The lowest BCUT2D eigenvalue weighted by molar-refractivity contribution is 0.0531. The lowest BCUT2D eigenvalue weighted by atomic mass is 10.4. The number of nitrogens with zero attached hydrogens (tertiary/aromatic N) is 1. The first-order valence-corrected chi connectivity index (χ1v) is 6.43. The Labute approximate surface area is 109 Å². The van der Waals surface area contributed by atoms with Crippen LogP contribution in [0.15, 0.2) is 22.8 Å².